The first-order valence-corrected chi connectivity index (χ1v) is 5.92. The van der Waals surface area contributed by atoms with Crippen LogP contribution >= 0.6 is 12.4 Å². The smallest absolute Gasteiger partial charge is 0.342 e. The molecule has 0 saturated heterocycles. The second-order valence-corrected chi connectivity index (χ2v) is 4.24. The number of nitrogens with two attached hydrogens (primary N) is 1. The topological polar surface area (TPSA) is 110 Å². The Balaban J connectivity index is 0.00000400. The van der Waals surface area contributed by atoms with Crippen LogP contribution in [0.15, 0.2) is 12.1 Å². The monoisotopic (exact) mass is 321 g/mol. The van der Waals surface area contributed by atoms with E-state index in [0.717, 1.165) is 0 Å². The van der Waals surface area contributed by atoms with Crippen molar-refractivity contribution >= 4 is 24.3 Å². The molecular weight excluding hydrogens is 305 g/mol. The number of hydrogen-bond donors (Lipinski definition) is 3. The van der Waals surface area contributed by atoms with Crippen LogP contribution in [-0.4, -0.2) is 34.9 Å². The fourth-order valence-corrected chi connectivity index (χ4v) is 1.75. The largest absolute Gasteiger partial charge is 0.507 e. The van der Waals surface area contributed by atoms with E-state index >= 15 is 0 Å². The van der Waals surface area contributed by atoms with Crippen LogP contribution in [0.4, 0.5) is 4.39 Å². The van der Waals surface area contributed by atoms with Crippen LogP contribution in [0.3, 0.4) is 0 Å². The number of ether oxygens (including phenoxy) is 1. The van der Waals surface area contributed by atoms with Crippen molar-refractivity contribution in [2.75, 3.05) is 6.61 Å². The third kappa shape index (κ3) is 4.30. The van der Waals surface area contributed by atoms with Gasteiger partial charge in [-0.1, -0.05) is 6.07 Å². The standard InChI is InChI=1S/C13H16FNO5.ClH/c1-3-20-13(19)9(14)10(15)7-4-6(2)5-8(11(7)16)12(17)18;/h4-5,9-10,16H,3,15H2,1-2H3,(H,17,18);1H/t9?,10-;/m1./s1. The maximum atomic E-state index is 13.8. The van der Waals surface area contributed by atoms with Gasteiger partial charge in [-0.15, -0.1) is 12.4 Å². The number of esters is 1. The summed E-state index contributed by atoms with van der Waals surface area (Å²) in [5.41, 5.74) is 5.51. The normalized spacial score (nSPS) is 13.0. The second-order valence-electron chi connectivity index (χ2n) is 4.24. The molecular formula is C13H17ClFNO5. The number of aromatic hydroxyl groups is 1. The summed E-state index contributed by atoms with van der Waals surface area (Å²) in [5, 5.41) is 18.8. The van der Waals surface area contributed by atoms with Crippen LogP contribution in [0, 0.1) is 6.92 Å². The molecule has 118 valence electrons. The van der Waals surface area contributed by atoms with Gasteiger partial charge in [-0.05, 0) is 25.5 Å². The molecule has 0 saturated carbocycles. The average molecular weight is 322 g/mol. The van der Waals surface area contributed by atoms with Gasteiger partial charge >= 0.3 is 11.9 Å². The highest BCUT2D eigenvalue weighted by molar-refractivity contribution is 5.91. The number of carboxylic acid groups (broad SMARTS) is 1. The Hall–Kier alpha value is -1.86. The van der Waals surface area contributed by atoms with E-state index in [1.54, 1.807) is 6.92 Å². The fourth-order valence-electron chi connectivity index (χ4n) is 1.75. The van der Waals surface area contributed by atoms with Gasteiger partial charge in [-0.3, -0.25) is 0 Å². The number of phenols is 1. The van der Waals surface area contributed by atoms with Crippen LogP contribution in [0.2, 0.25) is 0 Å². The molecule has 0 aliphatic carbocycles. The first-order chi connectivity index (χ1) is 9.29. The number of alkyl halides is 1. The molecule has 0 aliphatic heterocycles. The summed E-state index contributed by atoms with van der Waals surface area (Å²) >= 11 is 0. The number of hydrogen-bond acceptors (Lipinski definition) is 5. The van der Waals surface area contributed by atoms with Crippen LogP contribution < -0.4 is 5.73 Å². The van der Waals surface area contributed by atoms with E-state index in [1.807, 2.05) is 0 Å². The summed E-state index contributed by atoms with van der Waals surface area (Å²) < 4.78 is 18.4. The number of halogens is 2. The number of aryl methyl sites for hydroxylation is 1. The summed E-state index contributed by atoms with van der Waals surface area (Å²) in [4.78, 5) is 22.3. The molecule has 6 nitrogen and oxygen atoms in total. The van der Waals surface area contributed by atoms with E-state index in [9.17, 15) is 19.1 Å². The highest BCUT2D eigenvalue weighted by Gasteiger charge is 2.31. The lowest BCUT2D eigenvalue weighted by Crippen LogP contribution is -2.31. The van der Waals surface area contributed by atoms with E-state index in [-0.39, 0.29) is 24.6 Å². The SMILES string of the molecule is CCOC(=O)C(F)[C@H](N)c1cc(C)cc(C(=O)O)c1O.Cl. The maximum absolute atomic E-state index is 13.8. The van der Waals surface area contributed by atoms with Crippen LogP contribution in [0.25, 0.3) is 0 Å². The Kier molecular flexibility index (Phi) is 7.11. The lowest BCUT2D eigenvalue weighted by Gasteiger charge is -2.18. The van der Waals surface area contributed by atoms with Crippen molar-refractivity contribution in [3.63, 3.8) is 0 Å². The Bertz CT molecular complexity index is 538. The molecule has 8 heteroatoms. The minimum Gasteiger partial charge on any atom is -0.507 e. The van der Waals surface area contributed by atoms with Crippen molar-refractivity contribution in [1.29, 1.82) is 0 Å². The number of aromatic carboxylic acids is 1. The van der Waals surface area contributed by atoms with Gasteiger partial charge in [0.25, 0.3) is 0 Å². The first kappa shape index (κ1) is 19.1. The van der Waals surface area contributed by atoms with E-state index in [0.29, 0.717) is 5.56 Å². The molecule has 0 aromatic heterocycles. The van der Waals surface area contributed by atoms with Crippen molar-refractivity contribution in [3.05, 3.63) is 28.8 Å². The molecule has 21 heavy (non-hydrogen) atoms. The molecule has 1 aromatic rings. The van der Waals surface area contributed by atoms with Gasteiger partial charge in [0.2, 0.25) is 6.17 Å². The average Bonchev–Trinajstić information content (AvgIpc) is 2.39. The summed E-state index contributed by atoms with van der Waals surface area (Å²) in [5.74, 6) is -3.17. The highest BCUT2D eigenvalue weighted by atomic mass is 35.5. The number of carboxylic acids is 1. The van der Waals surface area contributed by atoms with Crippen molar-refractivity contribution in [1.82, 2.24) is 0 Å². The molecule has 4 N–H and O–H groups in total. The predicted octanol–water partition coefficient (Wildman–Crippen LogP) is 1.72. The van der Waals surface area contributed by atoms with Gasteiger partial charge in [-0.25, -0.2) is 14.0 Å². The quantitative estimate of drug-likeness (QED) is 0.712. The molecule has 0 aliphatic rings. The lowest BCUT2D eigenvalue weighted by atomic mass is 9.96. The van der Waals surface area contributed by atoms with E-state index in [2.05, 4.69) is 4.74 Å². The van der Waals surface area contributed by atoms with Crippen LogP contribution in [-0.2, 0) is 9.53 Å². The van der Waals surface area contributed by atoms with E-state index in [4.69, 9.17) is 10.8 Å². The zero-order valence-electron chi connectivity index (χ0n) is 11.5. The summed E-state index contributed by atoms with van der Waals surface area (Å²) in [6.07, 6.45) is -2.19. The third-order valence-corrected chi connectivity index (χ3v) is 2.70. The van der Waals surface area contributed by atoms with Crippen LogP contribution in [0.1, 0.15) is 34.5 Å². The van der Waals surface area contributed by atoms with Gasteiger partial charge in [0.05, 0.1) is 12.6 Å². The molecule has 1 rings (SSSR count). The van der Waals surface area contributed by atoms with Crippen molar-refractivity contribution in [2.24, 2.45) is 5.73 Å². The minimum atomic E-state index is -2.19. The maximum Gasteiger partial charge on any atom is 0.342 e. The lowest BCUT2D eigenvalue weighted by molar-refractivity contribution is -0.149. The summed E-state index contributed by atoms with van der Waals surface area (Å²) in [7, 11) is 0. The van der Waals surface area contributed by atoms with Gasteiger partial charge < -0.3 is 20.7 Å². The van der Waals surface area contributed by atoms with Gasteiger partial charge in [-0.2, -0.15) is 0 Å². The molecule has 1 aromatic carbocycles. The van der Waals surface area contributed by atoms with Crippen molar-refractivity contribution in [3.8, 4) is 5.75 Å². The zero-order chi connectivity index (χ0) is 15.4. The number of carbonyl (C=O) groups excluding carboxylic acids is 1. The van der Waals surface area contributed by atoms with Gasteiger partial charge in [0, 0.05) is 5.56 Å². The Morgan fingerprint density at radius 3 is 2.48 bits per heavy atom. The second kappa shape index (κ2) is 7.80. The zero-order valence-corrected chi connectivity index (χ0v) is 12.3. The third-order valence-electron chi connectivity index (χ3n) is 2.70. The van der Waals surface area contributed by atoms with E-state index < -0.39 is 35.5 Å². The number of rotatable bonds is 5. The Morgan fingerprint density at radius 2 is 2.00 bits per heavy atom. The highest BCUT2D eigenvalue weighted by Crippen LogP contribution is 2.31. The number of benzene rings is 1. The summed E-state index contributed by atoms with van der Waals surface area (Å²) in [6.45, 7) is 3.08. The molecule has 0 bridgehead atoms. The van der Waals surface area contributed by atoms with E-state index in [1.165, 1.54) is 19.1 Å². The molecule has 1 unspecified atom stereocenters. The number of carbonyl (C=O) groups is 2. The summed E-state index contributed by atoms with van der Waals surface area (Å²) in [6, 6.07) is 1.05. The minimum absolute atomic E-state index is 0. The predicted molar refractivity (Wildman–Crippen MR) is 75.5 cm³/mol. The molecule has 0 radical (unpaired) electrons. The Labute approximate surface area is 127 Å². The van der Waals surface area contributed by atoms with Crippen molar-refractivity contribution < 1.29 is 28.9 Å². The molecule has 0 spiro atoms. The van der Waals surface area contributed by atoms with Gasteiger partial charge in [0.15, 0.2) is 0 Å². The van der Waals surface area contributed by atoms with Crippen molar-refractivity contribution in [2.45, 2.75) is 26.1 Å². The molecule has 0 heterocycles. The van der Waals surface area contributed by atoms with Crippen LogP contribution in [0.5, 0.6) is 5.75 Å². The fraction of sp³-hybridized carbons (Fsp3) is 0.385. The molecule has 0 amide bonds. The van der Waals surface area contributed by atoms with Gasteiger partial charge in [0.1, 0.15) is 11.3 Å². The molecule has 0 fully saturated rings. The first-order valence-electron chi connectivity index (χ1n) is 5.92. The molecule has 2 atom stereocenters. The Morgan fingerprint density at radius 1 is 1.43 bits per heavy atom.